The minimum Gasteiger partial charge on any atom is -0.328 e. The van der Waals surface area contributed by atoms with Crippen LogP contribution in [0.3, 0.4) is 0 Å². The largest absolute Gasteiger partial charge is 0.332 e. The second kappa shape index (κ2) is 9.03. The van der Waals surface area contributed by atoms with Crippen LogP contribution in [0, 0.1) is 6.92 Å². The fraction of sp³-hybridized carbons (Fsp3) is 0.240. The molecule has 0 radical (unpaired) electrons. The molecule has 2 aromatic carbocycles. The van der Waals surface area contributed by atoms with Gasteiger partial charge >= 0.3 is 5.69 Å². The van der Waals surface area contributed by atoms with Crippen LogP contribution in [-0.2, 0) is 20.6 Å². The third-order valence-electron chi connectivity index (χ3n) is 6.00. The highest BCUT2D eigenvalue weighted by atomic mass is 32.2. The quantitative estimate of drug-likeness (QED) is 0.207. The summed E-state index contributed by atoms with van der Waals surface area (Å²) in [6.07, 6.45) is 2.07. The summed E-state index contributed by atoms with van der Waals surface area (Å²) in [6.45, 7) is 2.25. The van der Waals surface area contributed by atoms with Gasteiger partial charge in [-0.2, -0.15) is 0 Å². The second-order valence-electron chi connectivity index (χ2n) is 8.42. The zero-order chi connectivity index (χ0) is 24.7. The van der Waals surface area contributed by atoms with Crippen LogP contribution in [0.4, 0.5) is 0 Å². The Morgan fingerprint density at radius 1 is 0.943 bits per heavy atom. The molecule has 0 aliphatic heterocycles. The fourth-order valence-corrected chi connectivity index (χ4v) is 5.05. The van der Waals surface area contributed by atoms with Gasteiger partial charge in [0.15, 0.2) is 16.3 Å². The van der Waals surface area contributed by atoms with Crippen molar-refractivity contribution in [2.24, 2.45) is 14.1 Å². The number of benzene rings is 2. The zero-order valence-electron chi connectivity index (χ0n) is 19.6. The van der Waals surface area contributed by atoms with Gasteiger partial charge in [-0.3, -0.25) is 23.3 Å². The van der Waals surface area contributed by atoms with Gasteiger partial charge in [-0.1, -0.05) is 41.6 Å². The number of rotatable bonds is 6. The van der Waals surface area contributed by atoms with Gasteiger partial charge in [0.05, 0.1) is 22.9 Å². The standard InChI is InChI=1S/C25H24N6O3S/c1-16-9-11-17(12-10-16)31-22(32)18-7-4-5-8-19(18)27-24(31)35-14-6-13-30-23(33)20-21(26-15-28(20)2)29(3)25(30)34/h4-5,7-12,15H,6,13-14H2,1-3H3. The van der Waals surface area contributed by atoms with Gasteiger partial charge in [0.25, 0.3) is 11.1 Å². The second-order valence-corrected chi connectivity index (χ2v) is 9.48. The minimum atomic E-state index is -0.397. The molecule has 0 aliphatic rings. The van der Waals surface area contributed by atoms with E-state index in [-0.39, 0.29) is 17.7 Å². The average molecular weight is 489 g/mol. The number of thioether (sulfide) groups is 1. The molecular formula is C25H24N6O3S. The van der Waals surface area contributed by atoms with Crippen LogP contribution in [0.2, 0.25) is 0 Å². The van der Waals surface area contributed by atoms with E-state index in [9.17, 15) is 14.4 Å². The Morgan fingerprint density at radius 2 is 1.69 bits per heavy atom. The van der Waals surface area contributed by atoms with Gasteiger partial charge in [0.1, 0.15) is 0 Å². The van der Waals surface area contributed by atoms with Crippen molar-refractivity contribution in [3.05, 3.63) is 91.6 Å². The Labute approximate surface area is 204 Å². The molecule has 0 saturated heterocycles. The highest BCUT2D eigenvalue weighted by molar-refractivity contribution is 7.99. The van der Waals surface area contributed by atoms with Crippen molar-refractivity contribution in [2.75, 3.05) is 5.75 Å². The average Bonchev–Trinajstić information content (AvgIpc) is 3.25. The summed E-state index contributed by atoms with van der Waals surface area (Å²) in [4.78, 5) is 48.0. The van der Waals surface area contributed by atoms with Crippen molar-refractivity contribution in [3.63, 3.8) is 0 Å². The van der Waals surface area contributed by atoms with Crippen molar-refractivity contribution in [1.82, 2.24) is 28.2 Å². The number of para-hydroxylation sites is 1. The zero-order valence-corrected chi connectivity index (χ0v) is 20.5. The van der Waals surface area contributed by atoms with Gasteiger partial charge in [-0.15, -0.1) is 0 Å². The molecule has 35 heavy (non-hydrogen) atoms. The molecule has 0 unspecified atom stereocenters. The number of hydrogen-bond donors (Lipinski definition) is 0. The number of aryl methyl sites for hydroxylation is 3. The number of aromatic nitrogens is 6. The summed E-state index contributed by atoms with van der Waals surface area (Å²) in [5.41, 5.74) is 2.36. The Bertz CT molecular complexity index is 1740. The number of fused-ring (bicyclic) bond motifs is 2. The lowest BCUT2D eigenvalue weighted by Crippen LogP contribution is -2.39. The maximum Gasteiger partial charge on any atom is 0.332 e. The van der Waals surface area contributed by atoms with E-state index in [2.05, 4.69) is 4.98 Å². The normalized spacial score (nSPS) is 11.5. The van der Waals surface area contributed by atoms with E-state index in [4.69, 9.17) is 4.98 Å². The van der Waals surface area contributed by atoms with Crippen molar-refractivity contribution >= 4 is 33.8 Å². The Hall–Kier alpha value is -3.92. The van der Waals surface area contributed by atoms with Crippen molar-refractivity contribution < 1.29 is 0 Å². The minimum absolute atomic E-state index is 0.131. The van der Waals surface area contributed by atoms with Crippen LogP contribution in [0.25, 0.3) is 27.8 Å². The molecule has 9 nitrogen and oxygen atoms in total. The molecule has 3 aromatic heterocycles. The third kappa shape index (κ3) is 3.99. The predicted molar refractivity (Wildman–Crippen MR) is 138 cm³/mol. The van der Waals surface area contributed by atoms with Crippen molar-refractivity contribution in [1.29, 1.82) is 0 Å². The molecule has 0 aliphatic carbocycles. The predicted octanol–water partition coefficient (Wildman–Crippen LogP) is 2.62. The first-order valence-corrected chi connectivity index (χ1v) is 12.2. The van der Waals surface area contributed by atoms with E-state index >= 15 is 0 Å². The lowest BCUT2D eigenvalue weighted by Gasteiger charge is -2.14. The van der Waals surface area contributed by atoms with E-state index < -0.39 is 5.69 Å². The van der Waals surface area contributed by atoms with E-state index in [0.29, 0.717) is 39.4 Å². The molecule has 3 heterocycles. The highest BCUT2D eigenvalue weighted by Crippen LogP contribution is 2.22. The molecule has 0 fully saturated rings. The smallest absolute Gasteiger partial charge is 0.328 e. The van der Waals surface area contributed by atoms with Crippen LogP contribution in [0.15, 0.2) is 74.4 Å². The Kier molecular flexibility index (Phi) is 5.89. The van der Waals surface area contributed by atoms with Crippen molar-refractivity contribution in [3.8, 4) is 5.69 Å². The summed E-state index contributed by atoms with van der Waals surface area (Å²) in [7, 11) is 3.35. The number of hydrogen-bond acceptors (Lipinski definition) is 6. The molecule has 5 rings (SSSR count). The van der Waals surface area contributed by atoms with E-state index in [1.165, 1.54) is 27.2 Å². The van der Waals surface area contributed by atoms with Gasteiger partial charge in [-0.05, 0) is 37.6 Å². The first-order chi connectivity index (χ1) is 16.9. The monoisotopic (exact) mass is 488 g/mol. The fourth-order valence-electron chi connectivity index (χ4n) is 4.11. The molecule has 0 spiro atoms. The molecule has 5 aromatic rings. The first kappa shape index (κ1) is 22.9. The molecular weight excluding hydrogens is 464 g/mol. The lowest BCUT2D eigenvalue weighted by molar-refractivity contribution is 0.594. The van der Waals surface area contributed by atoms with Crippen LogP contribution in [0.5, 0.6) is 0 Å². The SMILES string of the molecule is Cc1ccc(-n2c(SCCCn3c(=O)c4c(ncn4C)n(C)c3=O)nc3ccccc3c2=O)cc1. The molecule has 178 valence electrons. The molecule has 0 amide bonds. The first-order valence-electron chi connectivity index (χ1n) is 11.2. The third-order valence-corrected chi connectivity index (χ3v) is 7.02. The summed E-state index contributed by atoms with van der Waals surface area (Å²) in [6, 6.07) is 15.0. The molecule has 0 bridgehead atoms. The van der Waals surface area contributed by atoms with Gasteiger partial charge in [0, 0.05) is 26.4 Å². The van der Waals surface area contributed by atoms with Crippen LogP contribution < -0.4 is 16.8 Å². The maximum atomic E-state index is 13.4. The summed E-state index contributed by atoms with van der Waals surface area (Å²) < 4.78 is 5.89. The highest BCUT2D eigenvalue weighted by Gasteiger charge is 2.16. The topological polar surface area (TPSA) is 96.7 Å². The molecule has 0 saturated carbocycles. The number of nitrogens with zero attached hydrogens (tertiary/aromatic N) is 6. The number of imidazole rings is 1. The van der Waals surface area contributed by atoms with Crippen LogP contribution >= 0.6 is 11.8 Å². The maximum absolute atomic E-state index is 13.4. The van der Waals surface area contributed by atoms with Crippen molar-refractivity contribution in [2.45, 2.75) is 25.0 Å². The Balaban J connectivity index is 1.45. The van der Waals surface area contributed by atoms with E-state index in [1.807, 2.05) is 49.4 Å². The van der Waals surface area contributed by atoms with Gasteiger partial charge in [-0.25, -0.2) is 14.8 Å². The summed E-state index contributed by atoms with van der Waals surface area (Å²) >= 11 is 1.43. The Morgan fingerprint density at radius 3 is 2.46 bits per heavy atom. The van der Waals surface area contributed by atoms with E-state index in [1.54, 1.807) is 29.3 Å². The molecule has 0 N–H and O–H groups in total. The van der Waals surface area contributed by atoms with Gasteiger partial charge in [0.2, 0.25) is 0 Å². The summed E-state index contributed by atoms with van der Waals surface area (Å²) in [5, 5.41) is 1.12. The van der Waals surface area contributed by atoms with Gasteiger partial charge < -0.3 is 4.57 Å². The molecule has 0 atom stereocenters. The summed E-state index contributed by atoms with van der Waals surface area (Å²) in [5.74, 6) is 0.565. The lowest BCUT2D eigenvalue weighted by atomic mass is 10.2. The van der Waals surface area contributed by atoms with Crippen LogP contribution in [0.1, 0.15) is 12.0 Å². The molecule has 10 heteroatoms. The van der Waals surface area contributed by atoms with Crippen LogP contribution in [-0.4, -0.2) is 34.0 Å². The van der Waals surface area contributed by atoms with E-state index in [0.717, 1.165) is 11.3 Å².